The fourth-order valence-corrected chi connectivity index (χ4v) is 4.83. The van der Waals surface area contributed by atoms with Gasteiger partial charge in [-0.2, -0.15) is 0 Å². The molecule has 6 rings (SSSR count). The zero-order chi connectivity index (χ0) is 22.4. The van der Waals surface area contributed by atoms with Crippen LogP contribution in [0.4, 0.5) is 0 Å². The largest absolute Gasteiger partial charge is 0.355 e. The van der Waals surface area contributed by atoms with Gasteiger partial charge in [0.15, 0.2) is 11.5 Å². The molecule has 0 N–H and O–H groups in total. The molecule has 0 aliphatic carbocycles. The van der Waals surface area contributed by atoms with Crippen LogP contribution in [-0.4, -0.2) is 10.3 Å². The van der Waals surface area contributed by atoms with Crippen molar-refractivity contribution in [3.63, 3.8) is 0 Å². The summed E-state index contributed by atoms with van der Waals surface area (Å²) in [5.74, 6) is 1.59. The van der Waals surface area contributed by atoms with Gasteiger partial charge in [0.1, 0.15) is 11.0 Å². The van der Waals surface area contributed by atoms with E-state index < -0.39 is 0 Å². The predicted octanol–water partition coefficient (Wildman–Crippen LogP) is 8.07. The summed E-state index contributed by atoms with van der Waals surface area (Å²) in [6.45, 7) is 4.15. The normalized spacial score (nSPS) is 11.5. The van der Waals surface area contributed by atoms with Gasteiger partial charge in [-0.15, -0.1) is 0 Å². The average molecular weight is 449 g/mol. The molecular weight excluding hydrogens is 428 g/mol. The first-order valence-corrected chi connectivity index (χ1v) is 11.6. The van der Waals surface area contributed by atoms with E-state index in [2.05, 4.69) is 97.0 Å². The number of benzene rings is 4. The second kappa shape index (κ2) is 7.94. The van der Waals surface area contributed by atoms with E-state index >= 15 is 0 Å². The molecule has 4 nitrogen and oxygen atoms in total. The van der Waals surface area contributed by atoms with Crippen molar-refractivity contribution in [2.75, 3.05) is 0 Å². The van der Waals surface area contributed by atoms with Gasteiger partial charge in [-0.25, -0.2) is 0 Å². The summed E-state index contributed by atoms with van der Waals surface area (Å²) in [7, 11) is 0. The predicted molar refractivity (Wildman–Crippen MR) is 132 cm³/mol. The molecule has 33 heavy (non-hydrogen) atoms. The van der Waals surface area contributed by atoms with E-state index in [0.29, 0.717) is 0 Å². The number of hydrogen-bond donors (Lipinski definition) is 0. The highest BCUT2D eigenvalue weighted by Crippen LogP contribution is 2.37. The third-order valence-corrected chi connectivity index (χ3v) is 6.74. The van der Waals surface area contributed by atoms with Crippen LogP contribution in [-0.2, 0) is 0 Å². The molecule has 4 aromatic carbocycles. The monoisotopic (exact) mass is 448 g/mol. The molecule has 2 heterocycles. The molecule has 0 fully saturated rings. The van der Waals surface area contributed by atoms with Gasteiger partial charge in [0.05, 0.1) is 10.8 Å². The zero-order valence-electron chi connectivity index (χ0n) is 18.2. The first kappa shape index (κ1) is 19.8. The van der Waals surface area contributed by atoms with E-state index in [9.17, 15) is 0 Å². The molecule has 2 aromatic heterocycles. The van der Waals surface area contributed by atoms with E-state index in [0.717, 1.165) is 54.2 Å². The summed E-state index contributed by atoms with van der Waals surface area (Å²) >= 11 is 1.70. The van der Waals surface area contributed by atoms with Crippen molar-refractivity contribution in [3.05, 3.63) is 96.1 Å². The summed E-state index contributed by atoms with van der Waals surface area (Å²) < 4.78 is 11.4. The van der Waals surface area contributed by atoms with Crippen molar-refractivity contribution < 1.29 is 9.05 Å². The quantitative estimate of drug-likeness (QED) is 0.273. The lowest BCUT2D eigenvalue weighted by Gasteiger charge is -2.04. The van der Waals surface area contributed by atoms with E-state index in [1.807, 2.05) is 12.1 Å². The fourth-order valence-electron chi connectivity index (χ4n) is 3.93. The Labute approximate surface area is 195 Å². The highest BCUT2D eigenvalue weighted by molar-refractivity contribution is 7.99. The summed E-state index contributed by atoms with van der Waals surface area (Å²) in [5.41, 5.74) is 6.19. The first-order valence-electron chi connectivity index (χ1n) is 10.7. The van der Waals surface area contributed by atoms with Crippen molar-refractivity contribution in [1.82, 2.24) is 10.3 Å². The number of nitrogens with zero attached hydrogens (tertiary/aromatic N) is 2. The Balaban J connectivity index is 1.36. The summed E-state index contributed by atoms with van der Waals surface area (Å²) in [6, 6.07) is 29.1. The molecule has 0 atom stereocenters. The van der Waals surface area contributed by atoms with Crippen LogP contribution >= 0.6 is 11.8 Å². The SMILES string of the molecule is Cc1ccc(-c2onc3ccc(Sc4ccc5noc(-c6ccc(C)cc6)c5c4)cc23)cc1. The molecule has 0 unspecified atom stereocenters. The van der Waals surface area contributed by atoms with Crippen LogP contribution in [0.2, 0.25) is 0 Å². The number of rotatable bonds is 4. The van der Waals surface area contributed by atoms with Gasteiger partial charge in [-0.3, -0.25) is 0 Å². The van der Waals surface area contributed by atoms with Crippen LogP contribution < -0.4 is 0 Å². The molecule has 0 saturated heterocycles. The van der Waals surface area contributed by atoms with Crippen molar-refractivity contribution in [2.24, 2.45) is 0 Å². The molecule has 0 amide bonds. The van der Waals surface area contributed by atoms with E-state index in [1.54, 1.807) is 11.8 Å². The lowest BCUT2D eigenvalue weighted by molar-refractivity contribution is 0.441. The van der Waals surface area contributed by atoms with Crippen molar-refractivity contribution in [2.45, 2.75) is 23.6 Å². The number of hydrogen-bond acceptors (Lipinski definition) is 5. The maximum atomic E-state index is 5.69. The second-order valence-corrected chi connectivity index (χ2v) is 9.36. The molecular formula is C28H20N2O2S. The standard InChI is InChI=1S/C28H20N2O2S/c1-17-3-7-19(8-4-17)27-23-15-21(11-13-25(23)29-31-27)33-22-12-14-26-24(16-22)28(32-30-26)20-9-5-18(2)6-10-20/h3-16H,1-2H3. The minimum Gasteiger partial charge on any atom is -0.355 e. The van der Waals surface area contributed by atoms with Gasteiger partial charge in [-0.1, -0.05) is 81.7 Å². The van der Waals surface area contributed by atoms with Gasteiger partial charge in [-0.05, 0) is 50.2 Å². The molecule has 6 aromatic rings. The smallest absolute Gasteiger partial charge is 0.174 e. The summed E-state index contributed by atoms with van der Waals surface area (Å²) in [4.78, 5) is 2.23. The number of fused-ring (bicyclic) bond motifs is 2. The molecule has 0 bridgehead atoms. The first-order chi connectivity index (χ1) is 16.1. The van der Waals surface area contributed by atoms with Crippen LogP contribution in [0.25, 0.3) is 44.5 Å². The molecule has 0 spiro atoms. The molecule has 0 radical (unpaired) electrons. The van der Waals surface area contributed by atoms with Gasteiger partial charge in [0.2, 0.25) is 0 Å². The number of aryl methyl sites for hydroxylation is 2. The Morgan fingerprint density at radius 3 is 1.39 bits per heavy atom. The van der Waals surface area contributed by atoms with Crippen LogP contribution in [0, 0.1) is 13.8 Å². The highest BCUT2D eigenvalue weighted by Gasteiger charge is 2.14. The van der Waals surface area contributed by atoms with Crippen molar-refractivity contribution in [3.8, 4) is 22.6 Å². The van der Waals surface area contributed by atoms with Crippen LogP contribution in [0.3, 0.4) is 0 Å². The Morgan fingerprint density at radius 2 is 0.970 bits per heavy atom. The molecule has 5 heteroatoms. The second-order valence-electron chi connectivity index (χ2n) is 8.22. The van der Waals surface area contributed by atoms with Crippen molar-refractivity contribution in [1.29, 1.82) is 0 Å². The maximum absolute atomic E-state index is 5.69. The molecule has 0 saturated carbocycles. The molecule has 0 aliphatic heterocycles. The molecule has 160 valence electrons. The topological polar surface area (TPSA) is 52.1 Å². The maximum Gasteiger partial charge on any atom is 0.174 e. The van der Waals surface area contributed by atoms with Crippen LogP contribution in [0.15, 0.2) is 104 Å². The van der Waals surface area contributed by atoms with Crippen LogP contribution in [0.1, 0.15) is 11.1 Å². The minimum absolute atomic E-state index is 0.795. The van der Waals surface area contributed by atoms with Gasteiger partial charge < -0.3 is 9.05 Å². The van der Waals surface area contributed by atoms with E-state index in [-0.39, 0.29) is 0 Å². The Hall–Kier alpha value is -3.83. The summed E-state index contributed by atoms with van der Waals surface area (Å²) in [5, 5.41) is 10.5. The Kier molecular flexibility index (Phi) is 4.77. The van der Waals surface area contributed by atoms with E-state index in [4.69, 9.17) is 9.05 Å². The van der Waals surface area contributed by atoms with E-state index in [1.165, 1.54) is 11.1 Å². The fraction of sp³-hybridized carbons (Fsp3) is 0.0714. The van der Waals surface area contributed by atoms with Gasteiger partial charge in [0.25, 0.3) is 0 Å². The highest BCUT2D eigenvalue weighted by atomic mass is 32.2. The summed E-state index contributed by atoms with van der Waals surface area (Å²) in [6.07, 6.45) is 0. The lowest BCUT2D eigenvalue weighted by atomic mass is 10.1. The molecule has 0 aliphatic rings. The Bertz CT molecular complexity index is 1470. The van der Waals surface area contributed by atoms with Gasteiger partial charge >= 0.3 is 0 Å². The Morgan fingerprint density at radius 1 is 0.545 bits per heavy atom. The third-order valence-electron chi connectivity index (χ3n) is 5.76. The zero-order valence-corrected chi connectivity index (χ0v) is 19.0. The van der Waals surface area contributed by atoms with Gasteiger partial charge in [0, 0.05) is 20.9 Å². The lowest BCUT2D eigenvalue weighted by Crippen LogP contribution is -1.80. The third kappa shape index (κ3) is 3.70. The minimum atomic E-state index is 0.795. The number of aromatic nitrogens is 2. The van der Waals surface area contributed by atoms with Crippen LogP contribution in [0.5, 0.6) is 0 Å². The van der Waals surface area contributed by atoms with Crippen molar-refractivity contribution >= 4 is 33.6 Å². The average Bonchev–Trinajstić information content (AvgIpc) is 3.44.